The number of ketones is 6. The smallest absolute Gasteiger partial charge is 0.348 e. The quantitative estimate of drug-likeness (QED) is 0.0936. The number of carbonyl (C=O) groups is 6. The number of aryl methyl sites for hydroxylation is 2. The standard InChI is InChI=1S/C32H35F3N2O2.C28H26F14N2O2.C24H32N2O2/c1-20-16-23(8-10-27(20)36-14-12-30(4,5)25(18-36)22(3)38)24-9-11-28(21(2)17-24)37-15-13-31(6,7)26(19-37)29(39)32(33,34)35;1-21(2)9-11-43(13-17(21)19(45)23(29,30)25(33,34)27(37,38)39)15-5-7-16(8-6-15)44-12-10-22(3,4)18(14-44)20(46)24(31,32)26(35,36)28(40,41)42;1-17(27)19-15-25(13-11-23(19,3)4)21-9-7-8-10-22(21)26-14-12-24(5,6)20(16-26)18(2)28/h8-11,13,15-19H,12,14H2,1-7H3;5-8,13-14H,9-12H2,1-4H3;7-10,15-16H,11-14H2,1-6H3. The number of alkyl halides is 17. The molecule has 0 aromatic heterocycles. The minimum atomic E-state index is -6.74. The van der Waals surface area contributed by atoms with Crippen molar-refractivity contribution in [1.82, 2.24) is 0 Å². The fraction of sp³-hybridized carbons (Fsp3) is 0.476. The molecule has 0 amide bonds. The van der Waals surface area contributed by atoms with Crippen LogP contribution in [-0.2, 0) is 28.8 Å². The Bertz CT molecular complexity index is 4440. The number of para-hydroxylation sites is 2. The maximum absolute atomic E-state index is 14.3. The van der Waals surface area contributed by atoms with Crippen molar-refractivity contribution in [2.75, 3.05) is 62.1 Å². The van der Waals surface area contributed by atoms with E-state index >= 15 is 0 Å². The van der Waals surface area contributed by atoms with E-state index in [1.54, 1.807) is 51.8 Å². The first kappa shape index (κ1) is 89.2. The van der Waals surface area contributed by atoms with E-state index in [0.717, 1.165) is 105 Å². The fourth-order valence-corrected chi connectivity index (χ4v) is 14.5. The predicted molar refractivity (Wildman–Crippen MR) is 402 cm³/mol. The van der Waals surface area contributed by atoms with E-state index in [1.807, 2.05) is 68.8 Å². The molecule has 6 aliphatic rings. The molecule has 0 N–H and O–H groups in total. The Labute approximate surface area is 646 Å². The maximum atomic E-state index is 14.3. The number of carbonyl (C=O) groups excluding carboxylic acids is 6. The number of hydrogen-bond donors (Lipinski definition) is 0. The van der Waals surface area contributed by atoms with Crippen LogP contribution in [0, 0.1) is 46.3 Å². The summed E-state index contributed by atoms with van der Waals surface area (Å²) in [6, 6.07) is 25.2. The van der Waals surface area contributed by atoms with E-state index in [0.29, 0.717) is 18.1 Å². The maximum Gasteiger partial charge on any atom is 0.460 e. The first-order valence-corrected chi connectivity index (χ1v) is 36.4. The second kappa shape index (κ2) is 31.1. The van der Waals surface area contributed by atoms with Crippen LogP contribution in [-0.4, -0.2) is 110 Å². The van der Waals surface area contributed by atoms with Gasteiger partial charge in [0.2, 0.25) is 11.6 Å². The normalized spacial score (nSPS) is 19.7. The Balaban J connectivity index is 0.000000218. The van der Waals surface area contributed by atoms with E-state index in [9.17, 15) is 103 Å². The molecule has 0 saturated carbocycles. The highest BCUT2D eigenvalue weighted by atomic mass is 19.4. The van der Waals surface area contributed by atoms with Gasteiger partial charge in [0.05, 0.1) is 11.4 Å². The average molecular weight is 1610 g/mol. The number of hydrogen-bond acceptors (Lipinski definition) is 12. The van der Waals surface area contributed by atoms with Crippen LogP contribution in [0.1, 0.15) is 147 Å². The van der Waals surface area contributed by atoms with Gasteiger partial charge < -0.3 is 29.4 Å². The fourth-order valence-electron chi connectivity index (χ4n) is 14.5. The second-order valence-corrected chi connectivity index (χ2v) is 33.3. The number of benzene rings is 4. The van der Waals surface area contributed by atoms with Crippen molar-refractivity contribution in [1.29, 1.82) is 0 Å². The molecule has 0 atom stereocenters. The van der Waals surface area contributed by atoms with Crippen molar-refractivity contribution in [3.63, 3.8) is 0 Å². The molecule has 4 aromatic carbocycles. The van der Waals surface area contributed by atoms with Gasteiger partial charge in [-0.15, -0.1) is 0 Å². The third-order valence-electron chi connectivity index (χ3n) is 22.1. The first-order chi connectivity index (χ1) is 51.5. The molecule has 6 aliphatic heterocycles. The molecule has 29 heteroatoms. The Morgan fingerprint density at radius 1 is 0.336 bits per heavy atom. The highest BCUT2D eigenvalue weighted by molar-refractivity contribution is 6.05. The molecule has 0 bridgehead atoms. The number of rotatable bonds is 17. The highest BCUT2D eigenvalue weighted by Crippen LogP contribution is 2.54. The number of allylic oxidation sites excluding steroid dienone is 7. The summed E-state index contributed by atoms with van der Waals surface area (Å²) in [5.74, 6) is -32.6. The van der Waals surface area contributed by atoms with Gasteiger partial charge in [-0.05, 0) is 177 Å². The second-order valence-electron chi connectivity index (χ2n) is 33.3. The van der Waals surface area contributed by atoms with Gasteiger partial charge in [-0.3, -0.25) is 28.8 Å². The Kier molecular flexibility index (Phi) is 24.6. The molecular weight excluding hydrogens is 1510 g/mol. The number of nitrogens with zero attached hydrogens (tertiary/aromatic N) is 6. The van der Waals surface area contributed by atoms with Crippen molar-refractivity contribution >= 4 is 68.8 Å². The lowest BCUT2D eigenvalue weighted by atomic mass is 9.75. The molecule has 614 valence electrons. The molecule has 0 fully saturated rings. The highest BCUT2D eigenvalue weighted by Gasteiger charge is 2.78. The minimum absolute atomic E-state index is 0.0384. The summed E-state index contributed by atoms with van der Waals surface area (Å²) < 4.78 is 228. The van der Waals surface area contributed by atoms with Gasteiger partial charge in [-0.25, -0.2) is 0 Å². The van der Waals surface area contributed by atoms with Gasteiger partial charge in [0.15, 0.2) is 17.3 Å². The van der Waals surface area contributed by atoms with Crippen LogP contribution in [0.5, 0.6) is 0 Å². The summed E-state index contributed by atoms with van der Waals surface area (Å²) in [7, 11) is 0. The monoisotopic (exact) mass is 1600 g/mol. The summed E-state index contributed by atoms with van der Waals surface area (Å²) in [5.41, 5.74) is 3.72. The molecular formula is C84H93F17N6O6. The summed E-state index contributed by atoms with van der Waals surface area (Å²) in [6.45, 7) is 32.0. The molecule has 4 aromatic rings. The molecule has 0 aliphatic carbocycles. The van der Waals surface area contributed by atoms with E-state index < -0.39 is 87.0 Å². The first-order valence-electron chi connectivity index (χ1n) is 36.4. The van der Waals surface area contributed by atoms with Crippen molar-refractivity contribution in [2.24, 2.45) is 32.5 Å². The Morgan fingerprint density at radius 3 is 0.929 bits per heavy atom. The largest absolute Gasteiger partial charge is 0.460 e. The van der Waals surface area contributed by atoms with Gasteiger partial charge in [-0.2, -0.15) is 74.6 Å². The van der Waals surface area contributed by atoms with E-state index in [2.05, 4.69) is 80.5 Å². The molecule has 0 saturated heterocycles. The van der Waals surface area contributed by atoms with Gasteiger partial charge in [0.25, 0.3) is 5.78 Å². The third kappa shape index (κ3) is 18.1. The topological polar surface area (TPSA) is 122 Å². The van der Waals surface area contributed by atoms with Crippen molar-refractivity contribution in [2.45, 2.75) is 192 Å². The summed E-state index contributed by atoms with van der Waals surface area (Å²) in [6.07, 6.45) is -3.96. The van der Waals surface area contributed by atoms with Crippen molar-refractivity contribution in [3.8, 4) is 11.1 Å². The summed E-state index contributed by atoms with van der Waals surface area (Å²) in [4.78, 5) is 84.0. The molecule has 113 heavy (non-hydrogen) atoms. The zero-order valence-electron chi connectivity index (χ0n) is 65.8. The van der Waals surface area contributed by atoms with Crippen LogP contribution in [0.2, 0.25) is 0 Å². The zero-order chi connectivity index (χ0) is 85.3. The lowest BCUT2D eigenvalue weighted by Crippen LogP contribution is -2.57. The molecule has 0 radical (unpaired) electrons. The molecule has 10 rings (SSSR count). The molecule has 0 unspecified atom stereocenters. The van der Waals surface area contributed by atoms with Crippen LogP contribution >= 0.6 is 0 Å². The van der Waals surface area contributed by atoms with Crippen LogP contribution in [0.15, 0.2) is 168 Å². The SMILES string of the molecule is CC(=O)C1=CN(c2ccc(-c3ccc(N4C=CC(C)(C)C(C(=O)C(F)(F)F)=C4)c(C)c3)cc2C)CCC1(C)C.CC(=O)C1=CN(c2ccccc2N2C=C(C(C)=O)C(C)(C)CC2)CCC1(C)C.CC1(C)CCN(c2ccc(N3C=C(C(=O)C(F)(F)C(F)(F)C(F)(F)F)C(C)(C)CC3)cc2)C=C1C(=O)C(F)(F)C(F)(F)C(F)(F)F. The average Bonchev–Trinajstić information content (AvgIpc) is 0.744. The minimum Gasteiger partial charge on any atom is -0.348 e. The third-order valence-corrected chi connectivity index (χ3v) is 22.1. The van der Waals surface area contributed by atoms with E-state index in [-0.39, 0.29) is 76.5 Å². The van der Waals surface area contributed by atoms with Crippen LogP contribution in [0.3, 0.4) is 0 Å². The van der Waals surface area contributed by atoms with Gasteiger partial charge in [-0.1, -0.05) is 113 Å². The van der Waals surface area contributed by atoms with Crippen LogP contribution in [0.25, 0.3) is 11.1 Å². The molecule has 12 nitrogen and oxygen atoms in total. The lowest BCUT2D eigenvalue weighted by molar-refractivity contribution is -0.343. The van der Waals surface area contributed by atoms with Crippen LogP contribution < -0.4 is 29.4 Å². The number of anilines is 6. The van der Waals surface area contributed by atoms with Crippen molar-refractivity contribution in [3.05, 3.63) is 179 Å². The Morgan fingerprint density at radius 2 is 0.628 bits per heavy atom. The Hall–Kier alpha value is -9.31. The molecule has 0 spiro atoms. The lowest BCUT2D eigenvalue weighted by Gasteiger charge is -2.40. The van der Waals surface area contributed by atoms with Gasteiger partial charge in [0, 0.05) is 138 Å². The van der Waals surface area contributed by atoms with Gasteiger partial charge in [0.1, 0.15) is 0 Å². The predicted octanol–water partition coefficient (Wildman–Crippen LogP) is 21.9. The van der Waals surface area contributed by atoms with E-state index in [1.165, 1.54) is 58.2 Å². The zero-order valence-corrected chi connectivity index (χ0v) is 65.8. The van der Waals surface area contributed by atoms with Crippen LogP contribution in [0.4, 0.5) is 109 Å². The van der Waals surface area contributed by atoms with E-state index in [4.69, 9.17) is 0 Å². The van der Waals surface area contributed by atoms with Crippen molar-refractivity contribution < 1.29 is 103 Å². The van der Waals surface area contributed by atoms with Gasteiger partial charge >= 0.3 is 42.2 Å². The summed E-state index contributed by atoms with van der Waals surface area (Å²) in [5, 5.41) is 0. The molecule has 6 heterocycles. The number of halogens is 17. The number of Topliss-reactive ketones (excluding diaryl/α,β-unsaturated/α-hetero) is 6. The summed E-state index contributed by atoms with van der Waals surface area (Å²) >= 11 is 0.